The molecule has 4 heteroatoms. The van der Waals surface area contributed by atoms with Crippen LogP contribution in [0.2, 0.25) is 0 Å². The van der Waals surface area contributed by atoms with Crippen LogP contribution in [0.25, 0.3) is 6.08 Å². The van der Waals surface area contributed by atoms with Gasteiger partial charge in [-0.25, -0.2) is 4.98 Å². The van der Waals surface area contributed by atoms with Gasteiger partial charge in [0, 0.05) is 11.5 Å². The standard InChI is InChI=1S/C6H3BrN2S/c7-5-4-10-6(9-5)2-1-3-8/h1-2,4H. The maximum absolute atomic E-state index is 8.16. The molecule has 0 aliphatic carbocycles. The van der Waals surface area contributed by atoms with E-state index in [1.807, 2.05) is 11.4 Å². The summed E-state index contributed by atoms with van der Waals surface area (Å²) in [5.74, 6) is 0. The average Bonchev–Trinajstić information content (AvgIpc) is 2.31. The highest BCUT2D eigenvalue weighted by atomic mass is 79.9. The molecule has 0 spiro atoms. The molecule has 50 valence electrons. The molecule has 0 saturated carbocycles. The van der Waals surface area contributed by atoms with Crippen LogP contribution in [0.15, 0.2) is 16.1 Å². The van der Waals surface area contributed by atoms with E-state index in [9.17, 15) is 0 Å². The van der Waals surface area contributed by atoms with Gasteiger partial charge in [0.25, 0.3) is 0 Å². The summed E-state index contributed by atoms with van der Waals surface area (Å²) in [4.78, 5) is 4.05. The Bertz CT molecular complexity index is 284. The second kappa shape index (κ2) is 3.49. The molecule has 10 heavy (non-hydrogen) atoms. The van der Waals surface area contributed by atoms with Crippen LogP contribution in [-0.2, 0) is 0 Å². The van der Waals surface area contributed by atoms with Crippen LogP contribution in [-0.4, -0.2) is 4.98 Å². The lowest BCUT2D eigenvalue weighted by Crippen LogP contribution is -1.64. The zero-order valence-corrected chi connectivity index (χ0v) is 7.32. The summed E-state index contributed by atoms with van der Waals surface area (Å²) in [6, 6.07) is 1.90. The quantitative estimate of drug-likeness (QED) is 0.674. The molecule has 0 N–H and O–H groups in total. The molecule has 0 aromatic carbocycles. The van der Waals surface area contributed by atoms with E-state index >= 15 is 0 Å². The Balaban J connectivity index is 2.78. The number of aromatic nitrogens is 1. The molecular weight excluding hydrogens is 212 g/mol. The van der Waals surface area contributed by atoms with E-state index in [0.29, 0.717) is 0 Å². The molecule has 1 aromatic rings. The van der Waals surface area contributed by atoms with Crippen molar-refractivity contribution in [3.05, 3.63) is 21.1 Å². The first-order chi connectivity index (χ1) is 4.83. The van der Waals surface area contributed by atoms with Crippen LogP contribution >= 0.6 is 27.3 Å². The summed E-state index contributed by atoms with van der Waals surface area (Å²) >= 11 is 4.70. The third kappa shape index (κ3) is 1.94. The van der Waals surface area contributed by atoms with Crippen LogP contribution < -0.4 is 0 Å². The average molecular weight is 215 g/mol. The molecule has 0 amide bonds. The van der Waals surface area contributed by atoms with Crippen molar-refractivity contribution in [2.75, 3.05) is 0 Å². The molecule has 1 rings (SSSR count). The normalized spacial score (nSPS) is 10.0. The zero-order chi connectivity index (χ0) is 7.40. The first kappa shape index (κ1) is 7.45. The number of nitriles is 1. The third-order valence-electron chi connectivity index (χ3n) is 0.794. The Morgan fingerprint density at radius 1 is 1.80 bits per heavy atom. The number of rotatable bonds is 1. The number of hydrogen-bond acceptors (Lipinski definition) is 3. The van der Waals surface area contributed by atoms with E-state index in [1.165, 1.54) is 17.4 Å². The molecule has 0 fully saturated rings. The molecule has 1 aromatic heterocycles. The Labute approximate surface area is 71.0 Å². The van der Waals surface area contributed by atoms with Gasteiger partial charge in [0.1, 0.15) is 9.61 Å². The van der Waals surface area contributed by atoms with Crippen LogP contribution in [0.4, 0.5) is 0 Å². The van der Waals surface area contributed by atoms with Crippen LogP contribution in [0.1, 0.15) is 5.01 Å². The smallest absolute Gasteiger partial charge is 0.118 e. The molecular formula is C6H3BrN2S. The predicted molar refractivity (Wildman–Crippen MR) is 44.5 cm³/mol. The van der Waals surface area contributed by atoms with Gasteiger partial charge in [-0.1, -0.05) is 0 Å². The number of thiazole rings is 1. The van der Waals surface area contributed by atoms with E-state index in [2.05, 4.69) is 20.9 Å². The van der Waals surface area contributed by atoms with Crippen molar-refractivity contribution >= 4 is 33.3 Å². The van der Waals surface area contributed by atoms with Gasteiger partial charge < -0.3 is 0 Å². The Kier molecular flexibility index (Phi) is 2.60. The van der Waals surface area contributed by atoms with Crippen molar-refractivity contribution in [2.45, 2.75) is 0 Å². The third-order valence-corrected chi connectivity index (χ3v) is 2.31. The molecule has 0 unspecified atom stereocenters. The summed E-state index contributed by atoms with van der Waals surface area (Å²) in [5, 5.41) is 10.9. The van der Waals surface area contributed by atoms with E-state index < -0.39 is 0 Å². The van der Waals surface area contributed by atoms with E-state index in [-0.39, 0.29) is 0 Å². The second-order valence-corrected chi connectivity index (χ2v) is 3.17. The SMILES string of the molecule is N#CC=Cc1nc(Br)cs1. The van der Waals surface area contributed by atoms with Gasteiger partial charge in [0.2, 0.25) is 0 Å². The molecule has 0 aliphatic heterocycles. The molecule has 0 atom stereocenters. The highest BCUT2D eigenvalue weighted by Crippen LogP contribution is 2.15. The highest BCUT2D eigenvalue weighted by Gasteiger charge is 1.92. The summed E-state index contributed by atoms with van der Waals surface area (Å²) in [6.07, 6.45) is 3.08. The van der Waals surface area contributed by atoms with Gasteiger partial charge in [0.15, 0.2) is 0 Å². The second-order valence-electron chi connectivity index (χ2n) is 1.47. The summed E-state index contributed by atoms with van der Waals surface area (Å²) in [7, 11) is 0. The number of halogens is 1. The van der Waals surface area contributed by atoms with Crippen LogP contribution in [0, 0.1) is 11.3 Å². The first-order valence-electron chi connectivity index (χ1n) is 2.50. The summed E-state index contributed by atoms with van der Waals surface area (Å²) in [6.45, 7) is 0. The van der Waals surface area contributed by atoms with Gasteiger partial charge in [0.05, 0.1) is 6.07 Å². The highest BCUT2D eigenvalue weighted by molar-refractivity contribution is 9.10. The maximum Gasteiger partial charge on any atom is 0.118 e. The van der Waals surface area contributed by atoms with Gasteiger partial charge >= 0.3 is 0 Å². The number of nitrogens with zero attached hydrogens (tertiary/aromatic N) is 2. The van der Waals surface area contributed by atoms with E-state index in [4.69, 9.17) is 5.26 Å². The minimum atomic E-state index is 0.815. The number of hydrogen-bond donors (Lipinski definition) is 0. The minimum absolute atomic E-state index is 0.815. The van der Waals surface area contributed by atoms with Crippen molar-refractivity contribution in [2.24, 2.45) is 0 Å². The van der Waals surface area contributed by atoms with Gasteiger partial charge in [-0.2, -0.15) is 5.26 Å². The topological polar surface area (TPSA) is 36.7 Å². The largest absolute Gasteiger partial charge is 0.230 e. The van der Waals surface area contributed by atoms with Crippen molar-refractivity contribution < 1.29 is 0 Å². The molecule has 0 radical (unpaired) electrons. The van der Waals surface area contributed by atoms with Crippen molar-refractivity contribution in [3.63, 3.8) is 0 Å². The van der Waals surface area contributed by atoms with E-state index in [1.54, 1.807) is 6.08 Å². The number of allylic oxidation sites excluding steroid dienone is 1. The maximum atomic E-state index is 8.16. The van der Waals surface area contributed by atoms with Gasteiger partial charge in [-0.05, 0) is 22.0 Å². The first-order valence-corrected chi connectivity index (χ1v) is 4.17. The Morgan fingerprint density at radius 3 is 3.10 bits per heavy atom. The van der Waals surface area contributed by atoms with E-state index in [0.717, 1.165) is 9.61 Å². The minimum Gasteiger partial charge on any atom is -0.230 e. The van der Waals surface area contributed by atoms with Gasteiger partial charge in [-0.15, -0.1) is 11.3 Å². The fourth-order valence-electron chi connectivity index (χ4n) is 0.452. The Hall–Kier alpha value is -0.660. The zero-order valence-electron chi connectivity index (χ0n) is 4.91. The fourth-order valence-corrected chi connectivity index (χ4v) is 1.61. The van der Waals surface area contributed by atoms with Gasteiger partial charge in [-0.3, -0.25) is 0 Å². The molecule has 0 bridgehead atoms. The molecule has 2 nitrogen and oxygen atoms in total. The molecule has 1 heterocycles. The van der Waals surface area contributed by atoms with Crippen molar-refractivity contribution in [1.29, 1.82) is 5.26 Å². The monoisotopic (exact) mass is 214 g/mol. The summed E-state index contributed by atoms with van der Waals surface area (Å²) in [5.41, 5.74) is 0. The molecule has 0 saturated heterocycles. The summed E-state index contributed by atoms with van der Waals surface area (Å²) < 4.78 is 0.815. The van der Waals surface area contributed by atoms with Crippen molar-refractivity contribution in [1.82, 2.24) is 4.98 Å². The van der Waals surface area contributed by atoms with Crippen LogP contribution in [0.5, 0.6) is 0 Å². The Morgan fingerprint density at radius 2 is 2.60 bits per heavy atom. The lowest BCUT2D eigenvalue weighted by Gasteiger charge is -1.74. The lowest BCUT2D eigenvalue weighted by molar-refractivity contribution is 1.34. The fraction of sp³-hybridized carbons (Fsp3) is 0. The molecule has 0 aliphatic rings. The predicted octanol–water partition coefficient (Wildman–Crippen LogP) is 2.44. The van der Waals surface area contributed by atoms with Crippen LogP contribution in [0.3, 0.4) is 0 Å². The lowest BCUT2D eigenvalue weighted by atomic mass is 10.5. The van der Waals surface area contributed by atoms with Crippen molar-refractivity contribution in [3.8, 4) is 6.07 Å².